The van der Waals surface area contributed by atoms with E-state index in [4.69, 9.17) is 11.6 Å². The Morgan fingerprint density at radius 1 is 0.692 bits per heavy atom. The van der Waals surface area contributed by atoms with Crippen LogP contribution >= 0.6 is 11.6 Å². The van der Waals surface area contributed by atoms with Gasteiger partial charge in [0.25, 0.3) is 5.69 Å². The van der Waals surface area contributed by atoms with Crippen molar-refractivity contribution in [1.82, 2.24) is 0 Å². The van der Waals surface area contributed by atoms with Crippen LogP contribution in [0.15, 0.2) is 72.8 Å². The Hall–Kier alpha value is -3.17. The van der Waals surface area contributed by atoms with Gasteiger partial charge in [0.15, 0.2) is 0 Å². The molecule has 0 atom stereocenters. The fourth-order valence-corrected chi connectivity index (χ4v) is 4.10. The van der Waals surface area contributed by atoms with Gasteiger partial charge in [0.05, 0.1) is 10.5 Å². The summed E-state index contributed by atoms with van der Waals surface area (Å²) in [5, 5.41) is 14.2. The van der Waals surface area contributed by atoms with Gasteiger partial charge in [-0.05, 0) is 50.7 Å². The average molecular weight is 358 g/mol. The van der Waals surface area contributed by atoms with Crippen molar-refractivity contribution in [3.8, 4) is 33.4 Å². The van der Waals surface area contributed by atoms with E-state index >= 15 is 0 Å². The van der Waals surface area contributed by atoms with Crippen LogP contribution in [0.3, 0.4) is 0 Å². The second-order valence-corrected chi connectivity index (χ2v) is 6.79. The van der Waals surface area contributed by atoms with Gasteiger partial charge in [0.1, 0.15) is 0 Å². The maximum Gasteiger partial charge on any atom is 0.277 e. The first-order valence-corrected chi connectivity index (χ1v) is 8.63. The van der Waals surface area contributed by atoms with Gasteiger partial charge in [-0.15, -0.1) is 0 Å². The molecule has 26 heavy (non-hydrogen) atoms. The topological polar surface area (TPSA) is 43.1 Å². The molecule has 0 aromatic heterocycles. The first-order chi connectivity index (χ1) is 12.6. The molecule has 0 amide bonds. The molecule has 4 aromatic rings. The van der Waals surface area contributed by atoms with Crippen LogP contribution in [0.25, 0.3) is 44.2 Å². The Kier molecular flexibility index (Phi) is 3.15. The molecule has 0 unspecified atom stereocenters. The highest BCUT2D eigenvalue weighted by molar-refractivity contribution is 6.31. The molecule has 3 nitrogen and oxygen atoms in total. The van der Waals surface area contributed by atoms with E-state index in [1.807, 2.05) is 30.3 Å². The van der Waals surface area contributed by atoms with Crippen LogP contribution in [-0.2, 0) is 0 Å². The molecule has 0 N–H and O–H groups in total. The summed E-state index contributed by atoms with van der Waals surface area (Å²) in [7, 11) is 0. The molecule has 5 rings (SSSR count). The number of rotatable bonds is 2. The lowest BCUT2D eigenvalue weighted by atomic mass is 9.93. The minimum Gasteiger partial charge on any atom is -0.258 e. The van der Waals surface area contributed by atoms with Crippen molar-refractivity contribution in [2.24, 2.45) is 0 Å². The summed E-state index contributed by atoms with van der Waals surface area (Å²) in [6, 6.07) is 23.1. The number of nitro groups is 1. The molecule has 4 aromatic carbocycles. The molecule has 4 heteroatoms. The number of halogens is 1. The molecule has 0 radical (unpaired) electrons. The summed E-state index contributed by atoms with van der Waals surface area (Å²) in [6.07, 6.45) is 0. The quantitative estimate of drug-likeness (QED) is 0.260. The van der Waals surface area contributed by atoms with E-state index in [9.17, 15) is 10.1 Å². The Bertz CT molecular complexity index is 1200. The summed E-state index contributed by atoms with van der Waals surface area (Å²) >= 11 is 6.15. The van der Waals surface area contributed by atoms with E-state index in [1.165, 1.54) is 28.3 Å². The zero-order valence-electron chi connectivity index (χ0n) is 13.6. The van der Waals surface area contributed by atoms with Crippen molar-refractivity contribution in [1.29, 1.82) is 0 Å². The van der Waals surface area contributed by atoms with Crippen molar-refractivity contribution in [2.45, 2.75) is 0 Å². The van der Waals surface area contributed by atoms with Gasteiger partial charge in [0.2, 0.25) is 0 Å². The third-order valence-electron chi connectivity index (χ3n) is 4.99. The lowest BCUT2D eigenvalue weighted by molar-refractivity contribution is -0.384. The summed E-state index contributed by atoms with van der Waals surface area (Å²) in [5.41, 5.74) is 6.16. The minimum atomic E-state index is -0.357. The van der Waals surface area contributed by atoms with Crippen molar-refractivity contribution < 1.29 is 4.92 Å². The van der Waals surface area contributed by atoms with Gasteiger partial charge in [0, 0.05) is 11.1 Å². The van der Waals surface area contributed by atoms with E-state index < -0.39 is 0 Å². The van der Waals surface area contributed by atoms with Gasteiger partial charge in [-0.2, -0.15) is 0 Å². The average Bonchev–Trinajstić information content (AvgIpc) is 2.98. The molecule has 0 saturated carbocycles. The monoisotopic (exact) mass is 357 g/mol. The second kappa shape index (κ2) is 5.41. The van der Waals surface area contributed by atoms with E-state index in [-0.39, 0.29) is 10.6 Å². The number of fused-ring (bicyclic) bond motifs is 3. The fraction of sp³-hybridized carbons (Fsp3) is 0. The lowest BCUT2D eigenvalue weighted by Crippen LogP contribution is -1.93. The zero-order chi connectivity index (χ0) is 17.8. The van der Waals surface area contributed by atoms with Gasteiger partial charge >= 0.3 is 0 Å². The summed E-state index contributed by atoms with van der Waals surface area (Å²) in [5.74, 6) is 0. The summed E-state index contributed by atoms with van der Waals surface area (Å²) in [6.45, 7) is 0. The minimum absolute atomic E-state index is 0.0608. The molecule has 1 aliphatic rings. The van der Waals surface area contributed by atoms with Gasteiger partial charge in [-0.1, -0.05) is 66.2 Å². The Balaban J connectivity index is 1.89. The van der Waals surface area contributed by atoms with Crippen LogP contribution in [0.4, 0.5) is 5.69 Å². The predicted molar refractivity (Wildman–Crippen MR) is 105 cm³/mol. The second-order valence-electron chi connectivity index (χ2n) is 6.35. The molecule has 0 saturated heterocycles. The van der Waals surface area contributed by atoms with Crippen LogP contribution in [0.5, 0.6) is 0 Å². The van der Waals surface area contributed by atoms with E-state index in [0.29, 0.717) is 10.6 Å². The maximum absolute atomic E-state index is 11.5. The van der Waals surface area contributed by atoms with Crippen molar-refractivity contribution in [3.05, 3.63) is 87.9 Å². The maximum atomic E-state index is 11.5. The van der Waals surface area contributed by atoms with Crippen LogP contribution in [0, 0.1) is 10.1 Å². The van der Waals surface area contributed by atoms with Gasteiger partial charge in [-0.25, -0.2) is 0 Å². The number of nitrogens with zero attached hydrogens (tertiary/aromatic N) is 1. The zero-order valence-corrected chi connectivity index (χ0v) is 14.3. The molecule has 0 heterocycles. The molecular formula is C22H12ClNO2. The molecule has 0 aliphatic heterocycles. The van der Waals surface area contributed by atoms with E-state index in [2.05, 4.69) is 24.3 Å². The Morgan fingerprint density at radius 2 is 1.35 bits per heavy atom. The first kappa shape index (κ1) is 15.1. The lowest BCUT2D eigenvalue weighted by Gasteiger charge is -2.10. The number of hydrogen-bond acceptors (Lipinski definition) is 2. The van der Waals surface area contributed by atoms with Crippen molar-refractivity contribution >= 4 is 28.1 Å². The normalized spacial score (nSPS) is 11.6. The third kappa shape index (κ3) is 2.01. The van der Waals surface area contributed by atoms with Gasteiger partial charge < -0.3 is 0 Å². The molecule has 0 fully saturated rings. The highest BCUT2D eigenvalue weighted by Gasteiger charge is 2.24. The third-order valence-corrected chi connectivity index (χ3v) is 5.23. The highest BCUT2D eigenvalue weighted by Crippen LogP contribution is 2.49. The summed E-state index contributed by atoms with van der Waals surface area (Å²) in [4.78, 5) is 11.2. The fourth-order valence-electron chi connectivity index (χ4n) is 3.93. The molecule has 1 aliphatic carbocycles. The first-order valence-electron chi connectivity index (χ1n) is 8.25. The number of nitro benzene ring substituents is 1. The van der Waals surface area contributed by atoms with Crippen LogP contribution in [0.1, 0.15) is 0 Å². The van der Waals surface area contributed by atoms with Gasteiger partial charge in [-0.3, -0.25) is 10.1 Å². The van der Waals surface area contributed by atoms with Crippen LogP contribution < -0.4 is 0 Å². The Labute approximate surface area is 154 Å². The largest absolute Gasteiger partial charge is 0.277 e. The molecule has 0 bridgehead atoms. The smallest absolute Gasteiger partial charge is 0.258 e. The highest BCUT2D eigenvalue weighted by atomic mass is 35.5. The predicted octanol–water partition coefficient (Wildman–Crippen LogP) is 6.72. The van der Waals surface area contributed by atoms with Crippen molar-refractivity contribution in [2.75, 3.05) is 0 Å². The van der Waals surface area contributed by atoms with Crippen molar-refractivity contribution in [3.63, 3.8) is 0 Å². The molecular weight excluding hydrogens is 346 g/mol. The van der Waals surface area contributed by atoms with E-state index in [1.54, 1.807) is 12.1 Å². The van der Waals surface area contributed by atoms with Crippen LogP contribution in [-0.4, -0.2) is 4.92 Å². The number of hydrogen-bond donors (Lipinski definition) is 0. The SMILES string of the molecule is O=[N+]([O-])c1ccc(Cl)cc1-c1ccc2c3c(cccc13)-c1ccccc1-2. The number of benzene rings is 4. The molecule has 0 spiro atoms. The van der Waals surface area contributed by atoms with Crippen LogP contribution in [0.2, 0.25) is 5.02 Å². The summed E-state index contributed by atoms with van der Waals surface area (Å²) < 4.78 is 0. The standard InChI is InChI=1S/C22H12ClNO2/c23-13-8-11-21(24(25)26)20(12-13)16-9-10-19-15-5-2-1-4-14(15)17-6-3-7-18(16)22(17)19/h1-12H. The van der Waals surface area contributed by atoms with E-state index in [0.717, 1.165) is 16.3 Å². The Morgan fingerprint density at radius 3 is 2.08 bits per heavy atom. The molecule has 124 valence electrons.